The zero-order chi connectivity index (χ0) is 13.5. The first-order valence-corrected chi connectivity index (χ1v) is 6.57. The number of hydrogen-bond donors (Lipinski definition) is 0. The number of rotatable bonds is 0. The summed E-state index contributed by atoms with van der Waals surface area (Å²) in [7, 11) is -16.2. The monoisotopic (exact) mass is 445 g/mol. The predicted octanol–water partition coefficient (Wildman–Crippen LogP) is -10.00. The second-order valence-electron chi connectivity index (χ2n) is 1.34. The van der Waals surface area contributed by atoms with Crippen LogP contribution in [0.15, 0.2) is 0 Å². The Labute approximate surface area is 227 Å². The van der Waals surface area contributed by atoms with E-state index in [2.05, 4.69) is 0 Å². The molecular formula is Ca4O12P3-. The summed E-state index contributed by atoms with van der Waals surface area (Å²) in [5, 5.41) is 0. The van der Waals surface area contributed by atoms with E-state index in [0.717, 1.165) is 0 Å². The average Bonchev–Trinajstić information content (AvgIpc) is 1.41. The molecule has 0 radical (unpaired) electrons. The van der Waals surface area contributed by atoms with E-state index in [-0.39, 0.29) is 151 Å². The van der Waals surface area contributed by atoms with Gasteiger partial charge in [0, 0.05) is 0 Å². The molecule has 0 aromatic carbocycles. The second-order valence-corrected chi connectivity index (χ2v) is 4.02. The van der Waals surface area contributed by atoms with Crippen LogP contribution in [0.2, 0.25) is 0 Å². The van der Waals surface area contributed by atoms with Crippen LogP contribution in [0.3, 0.4) is 0 Å². The second kappa shape index (κ2) is 21.4. The SMILES string of the molecule is O=P([O-])([O-])[O-].O=P([O-])([O-])[O-].O=P([O-])([O-])[O-].[Ca+2].[Ca+2].[Ca+2].[Ca+2]. The molecule has 0 amide bonds. The molecule has 0 bridgehead atoms. The maximum Gasteiger partial charge on any atom is 2.00 e. The van der Waals surface area contributed by atoms with Crippen molar-refractivity contribution in [1.29, 1.82) is 0 Å². The summed E-state index contributed by atoms with van der Waals surface area (Å²) >= 11 is 0. The molecule has 0 aromatic heterocycles. The van der Waals surface area contributed by atoms with Crippen molar-refractivity contribution in [1.82, 2.24) is 0 Å². The number of hydrogen-bond acceptors (Lipinski definition) is 12. The molecule has 0 saturated carbocycles. The van der Waals surface area contributed by atoms with Gasteiger partial charge in [-0.1, -0.05) is 0 Å². The Bertz CT molecular complexity index is 211. The summed E-state index contributed by atoms with van der Waals surface area (Å²) in [5.41, 5.74) is 0. The summed E-state index contributed by atoms with van der Waals surface area (Å²) < 4.78 is 25.6. The van der Waals surface area contributed by atoms with Gasteiger partial charge >= 0.3 is 151 Å². The summed E-state index contributed by atoms with van der Waals surface area (Å²) in [6, 6.07) is 0. The van der Waals surface area contributed by atoms with Gasteiger partial charge in [-0.3, -0.25) is 0 Å². The first kappa shape index (κ1) is 44.1. The van der Waals surface area contributed by atoms with Crippen molar-refractivity contribution >= 4 is 174 Å². The fraction of sp³-hybridized carbons (Fsp3) is 0. The minimum Gasteiger partial charge on any atom is -0.822 e. The summed E-state index contributed by atoms with van der Waals surface area (Å²) in [5.74, 6) is 0. The molecular weight excluding hydrogens is 445 g/mol. The van der Waals surface area contributed by atoms with Gasteiger partial charge in [0.1, 0.15) is 0 Å². The molecule has 0 atom stereocenters. The quantitative estimate of drug-likeness (QED) is 0.248. The standard InChI is InChI=1S/4Ca.3H3O4P/c;;;;3*1-5(2,3)4/h;;;;3*(H3,1,2,3,4)/q4*+2;;;/p-9. The van der Waals surface area contributed by atoms with Crippen LogP contribution in [-0.2, 0) is 13.7 Å². The zero-order valence-electron chi connectivity index (χ0n) is 9.07. The van der Waals surface area contributed by atoms with Gasteiger partial charge in [0.25, 0.3) is 0 Å². The third-order valence-corrected chi connectivity index (χ3v) is 0. The average molecular weight is 445 g/mol. The van der Waals surface area contributed by atoms with Crippen LogP contribution in [0.25, 0.3) is 0 Å². The van der Waals surface area contributed by atoms with Crippen molar-refractivity contribution in [2.24, 2.45) is 0 Å². The Morgan fingerprint density at radius 3 is 0.368 bits per heavy atom. The molecule has 12 nitrogen and oxygen atoms in total. The maximum atomic E-state index is 8.55. The van der Waals surface area contributed by atoms with E-state index in [1.165, 1.54) is 0 Å². The van der Waals surface area contributed by atoms with Gasteiger partial charge in [0.2, 0.25) is 0 Å². The number of phosphoric acid groups is 3. The van der Waals surface area contributed by atoms with Crippen molar-refractivity contribution in [3.8, 4) is 0 Å². The van der Waals surface area contributed by atoms with Gasteiger partial charge in [0.05, 0.1) is 0 Å². The first-order valence-electron chi connectivity index (χ1n) is 2.19. The van der Waals surface area contributed by atoms with Gasteiger partial charge in [-0.05, 0) is 0 Å². The van der Waals surface area contributed by atoms with Crippen LogP contribution >= 0.6 is 23.5 Å². The van der Waals surface area contributed by atoms with Crippen LogP contribution < -0.4 is 44.0 Å². The van der Waals surface area contributed by atoms with Crippen LogP contribution in [0.1, 0.15) is 0 Å². The third kappa shape index (κ3) is 370. The fourth-order valence-electron chi connectivity index (χ4n) is 0. The first-order chi connectivity index (χ1) is 6.00. The van der Waals surface area contributed by atoms with Crippen LogP contribution in [0.5, 0.6) is 0 Å². The van der Waals surface area contributed by atoms with Crippen molar-refractivity contribution in [2.75, 3.05) is 0 Å². The fourth-order valence-corrected chi connectivity index (χ4v) is 0. The molecule has 0 N–H and O–H groups in total. The minimum absolute atomic E-state index is 0. The van der Waals surface area contributed by atoms with Crippen LogP contribution in [0, 0.1) is 0 Å². The molecule has 19 heteroatoms. The topological polar surface area (TPSA) is 259 Å². The van der Waals surface area contributed by atoms with Crippen molar-refractivity contribution < 1.29 is 57.7 Å². The molecule has 0 heterocycles. The van der Waals surface area contributed by atoms with E-state index < -0.39 is 23.5 Å². The van der Waals surface area contributed by atoms with E-state index in [0.29, 0.717) is 0 Å². The van der Waals surface area contributed by atoms with E-state index >= 15 is 0 Å². The molecule has 0 unspecified atom stereocenters. The Hall–Kier alpha value is 5.37. The zero-order valence-corrected chi connectivity index (χ0v) is 20.6. The molecule has 0 aromatic rings. The Kier molecular flexibility index (Phi) is 49.7. The van der Waals surface area contributed by atoms with Gasteiger partial charge in [0.15, 0.2) is 0 Å². The van der Waals surface area contributed by atoms with Crippen LogP contribution in [0.4, 0.5) is 0 Å². The summed E-state index contributed by atoms with van der Waals surface area (Å²) in [4.78, 5) is 76.9. The Morgan fingerprint density at radius 2 is 0.368 bits per heavy atom. The Balaban J connectivity index is -0.0000000206. The molecule has 0 aliphatic carbocycles. The predicted molar refractivity (Wildman–Crippen MR) is 45.8 cm³/mol. The summed E-state index contributed by atoms with van der Waals surface area (Å²) in [6.07, 6.45) is 0. The molecule has 0 aliphatic heterocycles. The summed E-state index contributed by atoms with van der Waals surface area (Å²) in [6.45, 7) is 0. The van der Waals surface area contributed by atoms with Gasteiger partial charge in [-0.25, -0.2) is 0 Å². The molecule has 0 fully saturated rings. The van der Waals surface area contributed by atoms with Crippen molar-refractivity contribution in [3.05, 3.63) is 0 Å². The van der Waals surface area contributed by atoms with E-state index in [1.807, 2.05) is 0 Å². The van der Waals surface area contributed by atoms with E-state index in [9.17, 15) is 0 Å². The van der Waals surface area contributed by atoms with Gasteiger partial charge in [-0.15, -0.1) is 0 Å². The molecule has 0 aliphatic rings. The van der Waals surface area contributed by atoms with Crippen molar-refractivity contribution in [3.63, 3.8) is 0 Å². The molecule has 0 spiro atoms. The van der Waals surface area contributed by atoms with Gasteiger partial charge < -0.3 is 57.7 Å². The smallest absolute Gasteiger partial charge is 0.822 e. The molecule has 96 valence electrons. The van der Waals surface area contributed by atoms with Crippen molar-refractivity contribution in [2.45, 2.75) is 0 Å². The van der Waals surface area contributed by atoms with Gasteiger partial charge in [-0.2, -0.15) is 23.5 Å². The molecule has 0 rings (SSSR count). The van der Waals surface area contributed by atoms with E-state index in [1.54, 1.807) is 0 Å². The Morgan fingerprint density at radius 1 is 0.368 bits per heavy atom. The van der Waals surface area contributed by atoms with Crippen LogP contribution in [-0.4, -0.2) is 151 Å². The largest absolute Gasteiger partial charge is 2.00 e. The van der Waals surface area contributed by atoms with E-state index in [4.69, 9.17) is 57.7 Å². The molecule has 19 heavy (non-hydrogen) atoms. The third-order valence-electron chi connectivity index (χ3n) is 0. The maximum absolute atomic E-state index is 8.55. The normalized spacial score (nSPS) is 9.32. The molecule has 0 saturated heterocycles. The minimum atomic E-state index is -5.39.